The highest BCUT2D eigenvalue weighted by Gasteiger charge is 2.19. The Bertz CT molecular complexity index is 610. The van der Waals surface area contributed by atoms with Crippen LogP contribution in [0.1, 0.15) is 50.4 Å². The highest BCUT2D eigenvalue weighted by atomic mass is 16.5. The van der Waals surface area contributed by atoms with Crippen molar-refractivity contribution in [1.82, 2.24) is 4.98 Å². The van der Waals surface area contributed by atoms with E-state index in [1.807, 2.05) is 25.1 Å². The second kappa shape index (κ2) is 5.86. The number of benzene rings is 1. The first-order valence-corrected chi connectivity index (χ1v) is 7.28. The Balaban J connectivity index is 2.31. The molecule has 0 amide bonds. The van der Waals surface area contributed by atoms with E-state index in [4.69, 9.17) is 10.5 Å². The highest BCUT2D eigenvalue weighted by Crippen LogP contribution is 2.34. The molecule has 1 heterocycles. The Labute approximate surface area is 127 Å². The minimum Gasteiger partial charge on any atom is -0.439 e. The number of pyridine rings is 1. The van der Waals surface area contributed by atoms with Gasteiger partial charge in [-0.1, -0.05) is 44.5 Å². The van der Waals surface area contributed by atoms with Crippen LogP contribution in [-0.2, 0) is 5.41 Å². The molecule has 1 aromatic carbocycles. The van der Waals surface area contributed by atoms with E-state index in [1.54, 1.807) is 6.20 Å². The molecule has 0 aliphatic heterocycles. The van der Waals surface area contributed by atoms with Crippen LogP contribution in [0.3, 0.4) is 0 Å². The first-order chi connectivity index (χ1) is 9.77. The van der Waals surface area contributed by atoms with Crippen molar-refractivity contribution < 1.29 is 4.74 Å². The van der Waals surface area contributed by atoms with Gasteiger partial charge in [0.15, 0.2) is 0 Å². The van der Waals surface area contributed by atoms with Gasteiger partial charge >= 0.3 is 0 Å². The van der Waals surface area contributed by atoms with Crippen molar-refractivity contribution in [3.05, 3.63) is 53.2 Å². The topological polar surface area (TPSA) is 48.1 Å². The largest absolute Gasteiger partial charge is 0.439 e. The van der Waals surface area contributed by atoms with Gasteiger partial charge in [-0.2, -0.15) is 0 Å². The molecule has 2 N–H and O–H groups in total. The molecule has 0 bridgehead atoms. The molecule has 0 saturated heterocycles. The van der Waals surface area contributed by atoms with Crippen LogP contribution in [0.15, 0.2) is 36.5 Å². The van der Waals surface area contributed by atoms with Gasteiger partial charge in [-0.05, 0) is 30.9 Å². The average molecular weight is 284 g/mol. The summed E-state index contributed by atoms with van der Waals surface area (Å²) in [6.45, 7) is 10.6. The first-order valence-electron chi connectivity index (χ1n) is 7.28. The molecule has 3 nitrogen and oxygen atoms in total. The fourth-order valence-electron chi connectivity index (χ4n) is 2.15. The molecule has 2 rings (SSSR count). The standard InChI is InChI=1S/C18H24N2O/c1-12-6-8-16(15(10-12)18(3,4)5)21-17-9-7-14(11-20-17)13(2)19/h6-11,13H,19H2,1-5H3/t13-/m0/s1. The van der Waals surface area contributed by atoms with Crippen LogP contribution in [-0.4, -0.2) is 4.98 Å². The second-order valence-corrected chi connectivity index (χ2v) is 6.57. The number of hydrogen-bond acceptors (Lipinski definition) is 3. The van der Waals surface area contributed by atoms with Crippen molar-refractivity contribution >= 4 is 0 Å². The number of aromatic nitrogens is 1. The Morgan fingerprint density at radius 2 is 1.86 bits per heavy atom. The van der Waals surface area contributed by atoms with Gasteiger partial charge in [-0.25, -0.2) is 4.98 Å². The minimum absolute atomic E-state index is 0.0175. The van der Waals surface area contributed by atoms with Crippen LogP contribution in [0, 0.1) is 6.92 Å². The van der Waals surface area contributed by atoms with Crippen molar-refractivity contribution in [2.45, 2.75) is 46.1 Å². The van der Waals surface area contributed by atoms with Crippen LogP contribution < -0.4 is 10.5 Å². The zero-order valence-corrected chi connectivity index (χ0v) is 13.5. The van der Waals surface area contributed by atoms with E-state index in [0.717, 1.165) is 11.3 Å². The van der Waals surface area contributed by atoms with Crippen molar-refractivity contribution in [1.29, 1.82) is 0 Å². The Morgan fingerprint density at radius 3 is 2.38 bits per heavy atom. The third-order valence-electron chi connectivity index (χ3n) is 3.44. The zero-order valence-electron chi connectivity index (χ0n) is 13.5. The predicted octanol–water partition coefficient (Wildman–Crippen LogP) is 4.50. The molecule has 2 aromatic rings. The van der Waals surface area contributed by atoms with E-state index in [-0.39, 0.29) is 11.5 Å². The molecule has 21 heavy (non-hydrogen) atoms. The molecule has 0 radical (unpaired) electrons. The molecule has 1 aromatic heterocycles. The maximum atomic E-state index is 5.97. The van der Waals surface area contributed by atoms with Crippen LogP contribution in [0.25, 0.3) is 0 Å². The SMILES string of the molecule is Cc1ccc(Oc2ccc([C@H](C)N)cn2)c(C(C)(C)C)c1. The molecule has 0 saturated carbocycles. The van der Waals surface area contributed by atoms with Gasteiger partial charge in [-0.3, -0.25) is 0 Å². The van der Waals surface area contributed by atoms with E-state index >= 15 is 0 Å². The lowest BCUT2D eigenvalue weighted by molar-refractivity contribution is 0.439. The summed E-state index contributed by atoms with van der Waals surface area (Å²) in [5, 5.41) is 0. The molecule has 0 aliphatic carbocycles. The highest BCUT2D eigenvalue weighted by molar-refractivity contribution is 5.43. The summed E-state index contributed by atoms with van der Waals surface area (Å²) in [5.74, 6) is 1.45. The summed E-state index contributed by atoms with van der Waals surface area (Å²) >= 11 is 0. The van der Waals surface area contributed by atoms with Gasteiger partial charge in [0.2, 0.25) is 5.88 Å². The quantitative estimate of drug-likeness (QED) is 0.902. The van der Waals surface area contributed by atoms with E-state index in [1.165, 1.54) is 11.1 Å². The Kier molecular flexibility index (Phi) is 4.33. The molecule has 0 aliphatic rings. The maximum absolute atomic E-state index is 5.97. The maximum Gasteiger partial charge on any atom is 0.219 e. The Morgan fingerprint density at radius 1 is 1.14 bits per heavy atom. The third-order valence-corrected chi connectivity index (χ3v) is 3.44. The molecular formula is C18H24N2O. The molecule has 112 valence electrons. The summed E-state index contributed by atoms with van der Waals surface area (Å²) in [6.07, 6.45) is 1.77. The lowest BCUT2D eigenvalue weighted by Crippen LogP contribution is -2.13. The van der Waals surface area contributed by atoms with Crippen LogP contribution >= 0.6 is 0 Å². The number of nitrogens with zero attached hydrogens (tertiary/aromatic N) is 1. The van der Waals surface area contributed by atoms with Gasteiger partial charge in [0.25, 0.3) is 0 Å². The average Bonchev–Trinajstić information content (AvgIpc) is 2.40. The van der Waals surface area contributed by atoms with E-state index in [0.29, 0.717) is 5.88 Å². The summed E-state index contributed by atoms with van der Waals surface area (Å²) in [5.41, 5.74) is 9.27. The van der Waals surface area contributed by atoms with Crippen LogP contribution in [0.4, 0.5) is 0 Å². The van der Waals surface area contributed by atoms with Crippen molar-refractivity contribution in [3.63, 3.8) is 0 Å². The summed E-state index contributed by atoms with van der Waals surface area (Å²) < 4.78 is 5.97. The molecular weight excluding hydrogens is 260 g/mol. The minimum atomic E-state index is -0.0175. The smallest absolute Gasteiger partial charge is 0.219 e. The molecule has 0 spiro atoms. The molecule has 1 atom stereocenters. The van der Waals surface area contributed by atoms with Crippen molar-refractivity contribution in [2.24, 2.45) is 5.73 Å². The van der Waals surface area contributed by atoms with Gasteiger partial charge in [-0.15, -0.1) is 0 Å². The molecule has 3 heteroatoms. The fourth-order valence-corrected chi connectivity index (χ4v) is 2.15. The van der Waals surface area contributed by atoms with E-state index in [2.05, 4.69) is 44.8 Å². The van der Waals surface area contributed by atoms with E-state index < -0.39 is 0 Å². The monoisotopic (exact) mass is 284 g/mol. The predicted molar refractivity (Wildman–Crippen MR) is 86.8 cm³/mol. The fraction of sp³-hybridized carbons (Fsp3) is 0.389. The zero-order chi connectivity index (χ0) is 15.6. The number of aryl methyl sites for hydroxylation is 1. The number of ether oxygens (including phenoxy) is 1. The van der Waals surface area contributed by atoms with Crippen molar-refractivity contribution in [3.8, 4) is 11.6 Å². The molecule has 0 unspecified atom stereocenters. The number of rotatable bonds is 3. The number of hydrogen-bond donors (Lipinski definition) is 1. The number of nitrogens with two attached hydrogens (primary N) is 1. The van der Waals surface area contributed by atoms with Gasteiger partial charge in [0.1, 0.15) is 5.75 Å². The lowest BCUT2D eigenvalue weighted by Gasteiger charge is -2.23. The summed E-state index contributed by atoms with van der Waals surface area (Å²) in [7, 11) is 0. The van der Waals surface area contributed by atoms with Crippen LogP contribution in [0.5, 0.6) is 11.6 Å². The van der Waals surface area contributed by atoms with Crippen molar-refractivity contribution in [2.75, 3.05) is 0 Å². The lowest BCUT2D eigenvalue weighted by atomic mass is 9.85. The van der Waals surface area contributed by atoms with Gasteiger partial charge in [0.05, 0.1) is 0 Å². The Hall–Kier alpha value is -1.87. The first kappa shape index (κ1) is 15.5. The van der Waals surface area contributed by atoms with Gasteiger partial charge < -0.3 is 10.5 Å². The normalized spacial score (nSPS) is 13.0. The third kappa shape index (κ3) is 3.82. The molecule has 0 fully saturated rings. The second-order valence-electron chi connectivity index (χ2n) is 6.57. The summed E-state index contributed by atoms with van der Waals surface area (Å²) in [6, 6.07) is 10.0. The summed E-state index contributed by atoms with van der Waals surface area (Å²) in [4.78, 5) is 4.34. The van der Waals surface area contributed by atoms with Gasteiger partial charge in [0, 0.05) is 23.9 Å². The van der Waals surface area contributed by atoms with Crippen LogP contribution in [0.2, 0.25) is 0 Å². The van der Waals surface area contributed by atoms with E-state index in [9.17, 15) is 0 Å².